The van der Waals surface area contributed by atoms with Gasteiger partial charge in [0.05, 0.1) is 6.26 Å². The summed E-state index contributed by atoms with van der Waals surface area (Å²) in [5.74, 6) is 0. The van der Waals surface area contributed by atoms with Crippen molar-refractivity contribution in [2.75, 3.05) is 6.54 Å². The van der Waals surface area contributed by atoms with Crippen LogP contribution < -0.4 is 11.1 Å². The lowest BCUT2D eigenvalue weighted by Gasteiger charge is -2.09. The Hall–Kier alpha value is -0.320. The van der Waals surface area contributed by atoms with E-state index in [0.29, 0.717) is 12.6 Å². The number of nitrogens with two attached hydrogens (primary N) is 1. The molecule has 0 amide bonds. The molecule has 12 heavy (non-hydrogen) atoms. The minimum Gasteiger partial charge on any atom is -0.457 e. The molecule has 68 valence electrons. The molecule has 0 aliphatic rings. The highest BCUT2D eigenvalue weighted by Crippen LogP contribution is 2.16. The largest absolute Gasteiger partial charge is 0.457 e. The fourth-order valence-electron chi connectivity index (χ4n) is 0.813. The number of nitrogens with one attached hydrogen (secondary N) is 1. The van der Waals surface area contributed by atoms with Gasteiger partial charge >= 0.3 is 0 Å². The van der Waals surface area contributed by atoms with Crippen molar-refractivity contribution in [3.63, 3.8) is 0 Å². The molecule has 0 aliphatic carbocycles. The van der Waals surface area contributed by atoms with Gasteiger partial charge in [0.15, 0.2) is 4.67 Å². The highest BCUT2D eigenvalue weighted by Gasteiger charge is 2.03. The van der Waals surface area contributed by atoms with Crippen LogP contribution in [-0.4, -0.2) is 12.6 Å². The lowest BCUT2D eigenvalue weighted by molar-refractivity contribution is 0.521. The quantitative estimate of drug-likeness (QED) is 0.828. The van der Waals surface area contributed by atoms with Gasteiger partial charge in [-0.1, -0.05) is 0 Å². The molecule has 3 nitrogen and oxygen atoms in total. The average molecular weight is 233 g/mol. The number of hydrogen-bond donors (Lipinski definition) is 2. The van der Waals surface area contributed by atoms with E-state index in [0.717, 1.165) is 16.8 Å². The summed E-state index contributed by atoms with van der Waals surface area (Å²) in [7, 11) is 0. The first kappa shape index (κ1) is 9.77. The first-order valence-corrected chi connectivity index (χ1v) is 4.68. The molecule has 0 bridgehead atoms. The molecule has 0 unspecified atom stereocenters. The standard InChI is InChI=1S/C8H13BrN2O/c1-6(4-10)11-5-7-2-3-12-8(7)9/h2-3,6,11H,4-5,10H2,1H3/t6-/m1/s1. The monoisotopic (exact) mass is 232 g/mol. The Balaban J connectivity index is 2.38. The summed E-state index contributed by atoms with van der Waals surface area (Å²) in [4.78, 5) is 0. The van der Waals surface area contributed by atoms with Crippen LogP contribution in [0.5, 0.6) is 0 Å². The molecule has 3 N–H and O–H groups in total. The Morgan fingerprint density at radius 1 is 1.75 bits per heavy atom. The van der Waals surface area contributed by atoms with Crippen LogP contribution in [0.2, 0.25) is 0 Å². The van der Waals surface area contributed by atoms with Crippen molar-refractivity contribution in [3.05, 3.63) is 22.6 Å². The van der Waals surface area contributed by atoms with Crippen LogP contribution in [0.4, 0.5) is 0 Å². The van der Waals surface area contributed by atoms with Crippen LogP contribution in [0.1, 0.15) is 12.5 Å². The van der Waals surface area contributed by atoms with Crippen LogP contribution in [0.15, 0.2) is 21.4 Å². The van der Waals surface area contributed by atoms with Gasteiger partial charge < -0.3 is 15.5 Å². The van der Waals surface area contributed by atoms with Gasteiger partial charge in [-0.3, -0.25) is 0 Å². The summed E-state index contributed by atoms with van der Waals surface area (Å²) in [5.41, 5.74) is 6.57. The minimum absolute atomic E-state index is 0.340. The molecule has 0 aliphatic heterocycles. The van der Waals surface area contributed by atoms with Crippen LogP contribution in [0.3, 0.4) is 0 Å². The number of hydrogen-bond acceptors (Lipinski definition) is 3. The highest BCUT2D eigenvalue weighted by molar-refractivity contribution is 9.10. The fraction of sp³-hybridized carbons (Fsp3) is 0.500. The molecule has 0 fully saturated rings. The summed E-state index contributed by atoms with van der Waals surface area (Å²) in [6, 6.07) is 2.27. The van der Waals surface area contributed by atoms with Crippen LogP contribution in [0, 0.1) is 0 Å². The predicted octanol–water partition coefficient (Wildman–Crippen LogP) is 1.48. The van der Waals surface area contributed by atoms with Gasteiger partial charge in [-0.25, -0.2) is 0 Å². The van der Waals surface area contributed by atoms with Crippen LogP contribution in [-0.2, 0) is 6.54 Å². The molecule has 0 saturated heterocycles. The van der Waals surface area contributed by atoms with E-state index >= 15 is 0 Å². The maximum Gasteiger partial charge on any atom is 0.173 e. The maximum atomic E-state index is 5.45. The van der Waals surface area contributed by atoms with E-state index in [2.05, 4.69) is 21.2 Å². The third-order valence-electron chi connectivity index (χ3n) is 1.69. The molecular formula is C8H13BrN2O. The van der Waals surface area contributed by atoms with E-state index in [1.54, 1.807) is 6.26 Å². The fourth-order valence-corrected chi connectivity index (χ4v) is 1.19. The molecule has 1 rings (SSSR count). The Labute approximate surface area is 80.4 Å². The van der Waals surface area contributed by atoms with Crippen molar-refractivity contribution in [1.29, 1.82) is 0 Å². The van der Waals surface area contributed by atoms with E-state index < -0.39 is 0 Å². The lowest BCUT2D eigenvalue weighted by atomic mass is 10.3. The molecule has 1 heterocycles. The van der Waals surface area contributed by atoms with Gasteiger partial charge in [0, 0.05) is 24.7 Å². The molecule has 0 saturated carbocycles. The molecule has 1 aromatic heterocycles. The minimum atomic E-state index is 0.340. The lowest BCUT2D eigenvalue weighted by Crippen LogP contribution is -2.32. The van der Waals surface area contributed by atoms with Crippen molar-refractivity contribution < 1.29 is 4.42 Å². The van der Waals surface area contributed by atoms with E-state index in [4.69, 9.17) is 10.2 Å². The average Bonchev–Trinajstić information content (AvgIpc) is 2.47. The van der Waals surface area contributed by atoms with E-state index in [1.165, 1.54) is 0 Å². The maximum absolute atomic E-state index is 5.45. The van der Waals surface area contributed by atoms with Crippen molar-refractivity contribution >= 4 is 15.9 Å². The normalized spacial score (nSPS) is 13.2. The van der Waals surface area contributed by atoms with Crippen molar-refractivity contribution in [2.24, 2.45) is 5.73 Å². The molecule has 1 atom stereocenters. The van der Waals surface area contributed by atoms with Crippen LogP contribution in [0.25, 0.3) is 0 Å². The van der Waals surface area contributed by atoms with Crippen molar-refractivity contribution in [3.8, 4) is 0 Å². The molecule has 0 radical (unpaired) electrons. The zero-order valence-electron chi connectivity index (χ0n) is 7.01. The molecule has 0 aromatic carbocycles. The Morgan fingerprint density at radius 2 is 2.50 bits per heavy atom. The van der Waals surface area contributed by atoms with Gasteiger partial charge in [0.1, 0.15) is 0 Å². The van der Waals surface area contributed by atoms with Crippen molar-refractivity contribution in [2.45, 2.75) is 19.5 Å². The third kappa shape index (κ3) is 2.62. The van der Waals surface area contributed by atoms with Gasteiger partial charge in [0.2, 0.25) is 0 Å². The zero-order chi connectivity index (χ0) is 8.97. The number of furan rings is 1. The number of halogens is 1. The first-order chi connectivity index (χ1) is 5.74. The zero-order valence-corrected chi connectivity index (χ0v) is 8.60. The molecular weight excluding hydrogens is 220 g/mol. The second-order valence-corrected chi connectivity index (χ2v) is 3.46. The second-order valence-electron chi connectivity index (χ2n) is 2.74. The van der Waals surface area contributed by atoms with Crippen LogP contribution >= 0.6 is 15.9 Å². The summed E-state index contributed by atoms with van der Waals surface area (Å²) in [6.07, 6.45) is 1.66. The summed E-state index contributed by atoms with van der Waals surface area (Å²) in [5, 5.41) is 3.26. The van der Waals surface area contributed by atoms with E-state index in [-0.39, 0.29) is 0 Å². The first-order valence-electron chi connectivity index (χ1n) is 3.89. The molecule has 0 spiro atoms. The SMILES string of the molecule is C[C@H](CN)NCc1ccoc1Br. The Bertz CT molecular complexity index is 237. The molecule has 1 aromatic rings. The van der Waals surface area contributed by atoms with Gasteiger partial charge in [-0.2, -0.15) is 0 Å². The number of rotatable bonds is 4. The summed E-state index contributed by atoms with van der Waals surface area (Å²) < 4.78 is 5.87. The highest BCUT2D eigenvalue weighted by atomic mass is 79.9. The second kappa shape index (κ2) is 4.64. The van der Waals surface area contributed by atoms with E-state index in [9.17, 15) is 0 Å². The van der Waals surface area contributed by atoms with Gasteiger partial charge in [-0.05, 0) is 28.9 Å². The smallest absolute Gasteiger partial charge is 0.173 e. The predicted molar refractivity (Wildman–Crippen MR) is 51.8 cm³/mol. The summed E-state index contributed by atoms with van der Waals surface area (Å²) >= 11 is 3.30. The third-order valence-corrected chi connectivity index (χ3v) is 2.38. The Kier molecular flexibility index (Phi) is 3.78. The Morgan fingerprint density at radius 3 is 3.00 bits per heavy atom. The topological polar surface area (TPSA) is 51.2 Å². The van der Waals surface area contributed by atoms with Gasteiger partial charge in [0.25, 0.3) is 0 Å². The molecule has 4 heteroatoms. The van der Waals surface area contributed by atoms with Gasteiger partial charge in [-0.15, -0.1) is 0 Å². The summed E-state index contributed by atoms with van der Waals surface area (Å²) in [6.45, 7) is 3.49. The van der Waals surface area contributed by atoms with Crippen molar-refractivity contribution in [1.82, 2.24) is 5.32 Å². The van der Waals surface area contributed by atoms with E-state index in [1.807, 2.05) is 13.0 Å².